The van der Waals surface area contributed by atoms with E-state index in [1.165, 1.54) is 12.5 Å². The lowest BCUT2D eigenvalue weighted by atomic mass is 9.98. The lowest BCUT2D eigenvalue weighted by Gasteiger charge is -2.21. The van der Waals surface area contributed by atoms with Gasteiger partial charge in [-0.1, -0.05) is 24.6 Å². The SMILES string of the molecule is CCNC(CCCC1CCCO1)c1c(F)cccc1Cl. The fourth-order valence-electron chi connectivity index (χ4n) is 2.86. The van der Waals surface area contributed by atoms with Gasteiger partial charge in [0, 0.05) is 23.2 Å². The normalized spacial score (nSPS) is 20.2. The van der Waals surface area contributed by atoms with Crippen LogP contribution in [0.3, 0.4) is 0 Å². The van der Waals surface area contributed by atoms with Crippen LogP contribution in [0.15, 0.2) is 18.2 Å². The van der Waals surface area contributed by atoms with Gasteiger partial charge in [-0.3, -0.25) is 0 Å². The highest BCUT2D eigenvalue weighted by atomic mass is 35.5. The van der Waals surface area contributed by atoms with Crippen LogP contribution in [-0.4, -0.2) is 19.3 Å². The molecule has 2 nitrogen and oxygen atoms in total. The van der Waals surface area contributed by atoms with E-state index < -0.39 is 0 Å². The Morgan fingerprint density at radius 1 is 1.50 bits per heavy atom. The molecule has 1 fully saturated rings. The highest BCUT2D eigenvalue weighted by Crippen LogP contribution is 2.30. The van der Waals surface area contributed by atoms with Crippen LogP contribution in [0.5, 0.6) is 0 Å². The predicted molar refractivity (Wildman–Crippen MR) is 80.7 cm³/mol. The first kappa shape index (κ1) is 15.7. The van der Waals surface area contributed by atoms with Gasteiger partial charge in [0.2, 0.25) is 0 Å². The van der Waals surface area contributed by atoms with Crippen LogP contribution in [0, 0.1) is 5.82 Å². The van der Waals surface area contributed by atoms with Crippen LogP contribution in [-0.2, 0) is 4.74 Å². The number of ether oxygens (including phenoxy) is 1. The fraction of sp³-hybridized carbons (Fsp3) is 0.625. The van der Waals surface area contributed by atoms with E-state index in [1.807, 2.05) is 6.92 Å². The monoisotopic (exact) mass is 299 g/mol. The molecule has 2 unspecified atom stereocenters. The van der Waals surface area contributed by atoms with E-state index in [1.54, 1.807) is 12.1 Å². The van der Waals surface area contributed by atoms with E-state index in [0.29, 0.717) is 16.7 Å². The van der Waals surface area contributed by atoms with Crippen molar-refractivity contribution in [2.75, 3.05) is 13.2 Å². The number of nitrogens with one attached hydrogen (secondary N) is 1. The molecule has 0 radical (unpaired) electrons. The summed E-state index contributed by atoms with van der Waals surface area (Å²) in [5.74, 6) is -0.222. The summed E-state index contributed by atoms with van der Waals surface area (Å²) >= 11 is 6.16. The van der Waals surface area contributed by atoms with Crippen molar-refractivity contribution in [2.24, 2.45) is 0 Å². The summed E-state index contributed by atoms with van der Waals surface area (Å²) in [7, 11) is 0. The third kappa shape index (κ3) is 4.18. The minimum Gasteiger partial charge on any atom is -0.378 e. The molecule has 0 spiro atoms. The maximum absolute atomic E-state index is 14.0. The standard InChI is InChI=1S/C16H23ClFNO/c1-2-19-15(10-3-6-12-7-5-11-20-12)16-13(17)8-4-9-14(16)18/h4,8-9,12,15,19H,2-3,5-7,10-11H2,1H3. The van der Waals surface area contributed by atoms with Gasteiger partial charge in [0.15, 0.2) is 0 Å². The zero-order valence-electron chi connectivity index (χ0n) is 12.0. The molecule has 20 heavy (non-hydrogen) atoms. The second-order valence-electron chi connectivity index (χ2n) is 5.31. The average molecular weight is 300 g/mol. The van der Waals surface area contributed by atoms with Crippen molar-refractivity contribution in [3.05, 3.63) is 34.6 Å². The Hall–Kier alpha value is -0.640. The Labute approximate surface area is 125 Å². The van der Waals surface area contributed by atoms with E-state index in [4.69, 9.17) is 16.3 Å². The van der Waals surface area contributed by atoms with Crippen LogP contribution in [0.4, 0.5) is 4.39 Å². The van der Waals surface area contributed by atoms with Crippen molar-refractivity contribution >= 4 is 11.6 Å². The minimum atomic E-state index is -0.222. The molecule has 1 aliphatic rings. The van der Waals surface area contributed by atoms with Crippen molar-refractivity contribution in [1.29, 1.82) is 0 Å². The molecule has 4 heteroatoms. The third-order valence-corrected chi connectivity index (χ3v) is 4.17. The Kier molecular flexibility index (Phi) is 6.27. The number of halogens is 2. The average Bonchev–Trinajstić information content (AvgIpc) is 2.91. The molecule has 1 aliphatic heterocycles. The summed E-state index contributed by atoms with van der Waals surface area (Å²) in [5.41, 5.74) is 0.600. The fourth-order valence-corrected chi connectivity index (χ4v) is 3.15. The molecule has 1 heterocycles. The maximum Gasteiger partial charge on any atom is 0.129 e. The van der Waals surface area contributed by atoms with Crippen LogP contribution < -0.4 is 5.32 Å². The molecule has 0 aliphatic carbocycles. The van der Waals surface area contributed by atoms with Crippen molar-refractivity contribution < 1.29 is 9.13 Å². The Bertz CT molecular complexity index is 401. The van der Waals surface area contributed by atoms with Crippen molar-refractivity contribution in [1.82, 2.24) is 5.32 Å². The highest BCUT2D eigenvalue weighted by Gasteiger charge is 2.20. The second-order valence-corrected chi connectivity index (χ2v) is 5.72. The molecule has 0 bridgehead atoms. The molecule has 1 saturated heterocycles. The molecule has 2 atom stereocenters. The van der Waals surface area contributed by atoms with E-state index in [9.17, 15) is 4.39 Å². The molecule has 1 N–H and O–H groups in total. The number of hydrogen-bond donors (Lipinski definition) is 1. The number of hydrogen-bond acceptors (Lipinski definition) is 2. The topological polar surface area (TPSA) is 21.3 Å². The summed E-state index contributed by atoms with van der Waals surface area (Å²) in [6.07, 6.45) is 5.68. The molecule has 2 rings (SSSR count). The van der Waals surface area contributed by atoms with Gasteiger partial charge in [-0.2, -0.15) is 0 Å². The van der Waals surface area contributed by atoms with Gasteiger partial charge >= 0.3 is 0 Å². The zero-order valence-corrected chi connectivity index (χ0v) is 12.8. The minimum absolute atomic E-state index is 0.0184. The van der Waals surface area contributed by atoms with Crippen molar-refractivity contribution in [2.45, 2.75) is 51.2 Å². The van der Waals surface area contributed by atoms with Crippen LogP contribution >= 0.6 is 11.6 Å². The summed E-state index contributed by atoms with van der Waals surface area (Å²) in [6.45, 7) is 3.72. The quantitative estimate of drug-likeness (QED) is 0.801. The molecule has 112 valence electrons. The summed E-state index contributed by atoms with van der Waals surface area (Å²) in [6, 6.07) is 4.86. The van der Waals surface area contributed by atoms with Gasteiger partial charge < -0.3 is 10.1 Å². The van der Waals surface area contributed by atoms with Gasteiger partial charge in [0.25, 0.3) is 0 Å². The predicted octanol–water partition coefficient (Wildman–Crippen LogP) is 4.48. The van der Waals surface area contributed by atoms with Crippen molar-refractivity contribution in [3.63, 3.8) is 0 Å². The van der Waals surface area contributed by atoms with Gasteiger partial charge in [-0.05, 0) is 50.8 Å². The number of rotatable bonds is 7. The van der Waals surface area contributed by atoms with Gasteiger partial charge in [-0.15, -0.1) is 0 Å². The first-order chi connectivity index (χ1) is 9.72. The molecule has 1 aromatic rings. The smallest absolute Gasteiger partial charge is 0.129 e. The van der Waals surface area contributed by atoms with Gasteiger partial charge in [-0.25, -0.2) is 4.39 Å². The molecule has 0 saturated carbocycles. The van der Waals surface area contributed by atoms with Crippen molar-refractivity contribution in [3.8, 4) is 0 Å². The lowest BCUT2D eigenvalue weighted by Crippen LogP contribution is -2.22. The molecular formula is C16H23ClFNO. The Morgan fingerprint density at radius 3 is 3.00 bits per heavy atom. The van der Waals surface area contributed by atoms with E-state index >= 15 is 0 Å². The summed E-state index contributed by atoms with van der Waals surface area (Å²) in [4.78, 5) is 0. The van der Waals surface area contributed by atoms with E-state index in [0.717, 1.165) is 38.8 Å². The first-order valence-electron chi connectivity index (χ1n) is 7.51. The Balaban J connectivity index is 1.95. The van der Waals surface area contributed by atoms with Gasteiger partial charge in [0.05, 0.1) is 6.10 Å². The van der Waals surface area contributed by atoms with Gasteiger partial charge in [0.1, 0.15) is 5.82 Å². The number of benzene rings is 1. The molecule has 0 aromatic heterocycles. The van der Waals surface area contributed by atoms with E-state index in [2.05, 4.69) is 5.32 Å². The highest BCUT2D eigenvalue weighted by molar-refractivity contribution is 6.31. The third-order valence-electron chi connectivity index (χ3n) is 3.84. The second kappa shape index (κ2) is 7.96. The maximum atomic E-state index is 14.0. The summed E-state index contributed by atoms with van der Waals surface area (Å²) in [5, 5.41) is 3.85. The van der Waals surface area contributed by atoms with Crippen LogP contribution in [0.25, 0.3) is 0 Å². The molecular weight excluding hydrogens is 277 g/mol. The molecule has 1 aromatic carbocycles. The van der Waals surface area contributed by atoms with Crippen LogP contribution in [0.2, 0.25) is 5.02 Å². The Morgan fingerprint density at radius 2 is 2.35 bits per heavy atom. The summed E-state index contributed by atoms with van der Waals surface area (Å²) < 4.78 is 19.6. The largest absolute Gasteiger partial charge is 0.378 e. The van der Waals surface area contributed by atoms with E-state index in [-0.39, 0.29) is 11.9 Å². The molecule has 0 amide bonds. The zero-order chi connectivity index (χ0) is 14.4. The lowest BCUT2D eigenvalue weighted by molar-refractivity contribution is 0.101. The van der Waals surface area contributed by atoms with Crippen LogP contribution in [0.1, 0.15) is 50.6 Å². The first-order valence-corrected chi connectivity index (χ1v) is 7.89.